The van der Waals surface area contributed by atoms with Gasteiger partial charge in [-0.25, -0.2) is 9.59 Å². The number of ether oxygens (including phenoxy) is 2. The molecule has 2 aromatic rings. The molecule has 0 aliphatic rings. The number of halogens is 1. The van der Waals surface area contributed by atoms with E-state index >= 15 is 0 Å². The Morgan fingerprint density at radius 1 is 1.19 bits per heavy atom. The van der Waals surface area contributed by atoms with Gasteiger partial charge in [0.05, 0.1) is 29.0 Å². The number of thioether (sulfide) groups is 1. The van der Waals surface area contributed by atoms with Gasteiger partial charge in [-0.05, 0) is 50.0 Å². The van der Waals surface area contributed by atoms with Crippen LogP contribution in [0.1, 0.15) is 48.9 Å². The first-order valence-corrected chi connectivity index (χ1v) is 11.5. The summed E-state index contributed by atoms with van der Waals surface area (Å²) in [6, 6.07) is 5.54. The molecule has 0 aliphatic heterocycles. The molecule has 172 valence electrons. The molecule has 0 spiro atoms. The summed E-state index contributed by atoms with van der Waals surface area (Å²) in [5.41, 5.74) is 1.57. The Bertz CT molecular complexity index is 1020. The van der Waals surface area contributed by atoms with Gasteiger partial charge in [0, 0.05) is 5.69 Å². The molecule has 1 aromatic heterocycles. The number of rotatable bonds is 10. The number of ketones is 1. The average molecular weight is 481 g/mol. The summed E-state index contributed by atoms with van der Waals surface area (Å²) in [7, 11) is 1.25. The first kappa shape index (κ1) is 25.5. The minimum atomic E-state index is -0.948. The van der Waals surface area contributed by atoms with E-state index in [0.717, 1.165) is 0 Å². The van der Waals surface area contributed by atoms with E-state index in [0.29, 0.717) is 23.4 Å². The fraction of sp³-hybridized carbons (Fsp3) is 0.364. The third-order valence-corrected chi connectivity index (χ3v) is 5.74. The normalized spacial score (nSPS) is 11.5. The van der Waals surface area contributed by atoms with Gasteiger partial charge in [-0.1, -0.05) is 23.7 Å². The third-order valence-electron chi connectivity index (χ3n) is 4.77. The van der Waals surface area contributed by atoms with Crippen LogP contribution in [-0.2, 0) is 14.3 Å². The number of carbonyl (C=O) groups excluding carboxylic acids is 4. The van der Waals surface area contributed by atoms with Crippen molar-refractivity contribution in [1.29, 1.82) is 0 Å². The number of benzene rings is 1. The molecule has 0 saturated heterocycles. The van der Waals surface area contributed by atoms with Crippen LogP contribution in [0.25, 0.3) is 0 Å². The highest BCUT2D eigenvalue weighted by molar-refractivity contribution is 7.98. The lowest BCUT2D eigenvalue weighted by Gasteiger charge is -2.17. The van der Waals surface area contributed by atoms with Gasteiger partial charge in [-0.2, -0.15) is 11.8 Å². The van der Waals surface area contributed by atoms with E-state index in [1.807, 2.05) is 6.26 Å². The van der Waals surface area contributed by atoms with Gasteiger partial charge >= 0.3 is 11.9 Å². The van der Waals surface area contributed by atoms with Crippen molar-refractivity contribution in [3.8, 4) is 0 Å². The molecule has 1 atom stereocenters. The Hall–Kier alpha value is -2.78. The van der Waals surface area contributed by atoms with E-state index in [4.69, 9.17) is 21.1 Å². The number of amides is 1. The maximum atomic E-state index is 12.6. The summed E-state index contributed by atoms with van der Waals surface area (Å²) >= 11 is 7.56. The van der Waals surface area contributed by atoms with Gasteiger partial charge in [-0.3, -0.25) is 9.59 Å². The predicted octanol–water partition coefficient (Wildman–Crippen LogP) is 3.35. The minimum Gasteiger partial charge on any atom is -0.465 e. The second-order valence-corrected chi connectivity index (χ2v) is 8.33. The number of hydrogen-bond donors (Lipinski definition) is 2. The van der Waals surface area contributed by atoms with Crippen molar-refractivity contribution in [2.75, 3.05) is 25.7 Å². The van der Waals surface area contributed by atoms with Crippen molar-refractivity contribution < 1.29 is 28.7 Å². The standard InChI is InChI=1S/C22H25ClN2O6S/c1-12-18(22(29)30-3)13(2)24-19(12)17(26)11-31-21(28)16(9-10-32-4)25-20(27)14-7-5-6-8-15(14)23/h5-8,16,24H,9-11H2,1-4H3,(H,25,27). The van der Waals surface area contributed by atoms with Crippen molar-refractivity contribution in [2.24, 2.45) is 0 Å². The number of aromatic amines is 1. The van der Waals surface area contributed by atoms with Gasteiger partial charge in [0.25, 0.3) is 5.91 Å². The molecule has 8 nitrogen and oxygen atoms in total. The summed E-state index contributed by atoms with van der Waals surface area (Å²) in [6.45, 7) is 2.71. The van der Waals surface area contributed by atoms with Crippen LogP contribution in [0.15, 0.2) is 24.3 Å². The van der Waals surface area contributed by atoms with E-state index in [1.165, 1.54) is 18.9 Å². The molecule has 1 heterocycles. The quantitative estimate of drug-likeness (QED) is 0.396. The smallest absolute Gasteiger partial charge is 0.339 e. The molecular formula is C22H25ClN2O6S. The molecule has 0 bridgehead atoms. The van der Waals surface area contributed by atoms with Crippen LogP contribution < -0.4 is 5.32 Å². The monoisotopic (exact) mass is 480 g/mol. The van der Waals surface area contributed by atoms with Crippen molar-refractivity contribution >= 4 is 47.0 Å². The maximum absolute atomic E-state index is 12.6. The highest BCUT2D eigenvalue weighted by Crippen LogP contribution is 2.20. The van der Waals surface area contributed by atoms with Gasteiger partial charge in [0.1, 0.15) is 6.04 Å². The summed E-state index contributed by atoms with van der Waals surface area (Å²) in [6.07, 6.45) is 2.19. The van der Waals surface area contributed by atoms with Crippen LogP contribution in [0.4, 0.5) is 0 Å². The lowest BCUT2D eigenvalue weighted by Crippen LogP contribution is -2.42. The van der Waals surface area contributed by atoms with E-state index in [2.05, 4.69) is 10.3 Å². The van der Waals surface area contributed by atoms with Crippen LogP contribution in [0.2, 0.25) is 5.02 Å². The van der Waals surface area contributed by atoms with Crippen molar-refractivity contribution in [1.82, 2.24) is 10.3 Å². The molecule has 1 aromatic carbocycles. The number of Topliss-reactive ketones (excluding diaryl/α,β-unsaturated/α-hetero) is 1. The van der Waals surface area contributed by atoms with Gasteiger partial charge in [0.15, 0.2) is 6.61 Å². The summed E-state index contributed by atoms with van der Waals surface area (Å²) in [5, 5.41) is 2.89. The van der Waals surface area contributed by atoms with Gasteiger partial charge < -0.3 is 19.8 Å². The zero-order chi connectivity index (χ0) is 23.8. The number of nitrogens with one attached hydrogen (secondary N) is 2. The maximum Gasteiger partial charge on any atom is 0.339 e. The lowest BCUT2D eigenvalue weighted by atomic mass is 10.1. The minimum absolute atomic E-state index is 0.163. The number of aryl methyl sites for hydroxylation is 1. The summed E-state index contributed by atoms with van der Waals surface area (Å²) in [5.74, 6) is -1.72. The first-order chi connectivity index (χ1) is 15.2. The lowest BCUT2D eigenvalue weighted by molar-refractivity contribution is -0.144. The molecule has 1 unspecified atom stereocenters. The second kappa shape index (κ2) is 11.7. The fourth-order valence-electron chi connectivity index (χ4n) is 3.11. The zero-order valence-corrected chi connectivity index (χ0v) is 19.8. The van der Waals surface area contributed by atoms with Gasteiger partial charge in [0.2, 0.25) is 5.78 Å². The highest BCUT2D eigenvalue weighted by Gasteiger charge is 2.26. The molecule has 0 fully saturated rings. The van der Waals surface area contributed by atoms with Gasteiger partial charge in [-0.15, -0.1) is 0 Å². The second-order valence-electron chi connectivity index (χ2n) is 6.93. The topological polar surface area (TPSA) is 115 Å². The summed E-state index contributed by atoms with van der Waals surface area (Å²) in [4.78, 5) is 52.5. The average Bonchev–Trinajstić information content (AvgIpc) is 3.08. The first-order valence-electron chi connectivity index (χ1n) is 9.72. The number of esters is 2. The predicted molar refractivity (Wildman–Crippen MR) is 123 cm³/mol. The Balaban J connectivity index is 2.08. The number of carbonyl (C=O) groups is 4. The number of methoxy groups -OCH3 is 1. The highest BCUT2D eigenvalue weighted by atomic mass is 35.5. The third kappa shape index (κ3) is 6.14. The molecule has 2 N–H and O–H groups in total. The largest absolute Gasteiger partial charge is 0.465 e. The Morgan fingerprint density at radius 2 is 1.88 bits per heavy atom. The molecule has 10 heteroatoms. The molecule has 0 radical (unpaired) electrons. The van der Waals surface area contributed by atoms with Crippen LogP contribution in [0.5, 0.6) is 0 Å². The molecule has 32 heavy (non-hydrogen) atoms. The summed E-state index contributed by atoms with van der Waals surface area (Å²) < 4.78 is 9.93. The Kier molecular flexibility index (Phi) is 9.34. The Morgan fingerprint density at radius 3 is 2.50 bits per heavy atom. The van der Waals surface area contributed by atoms with Crippen molar-refractivity contribution in [2.45, 2.75) is 26.3 Å². The van der Waals surface area contributed by atoms with E-state index in [-0.39, 0.29) is 21.8 Å². The van der Waals surface area contributed by atoms with E-state index in [9.17, 15) is 19.2 Å². The van der Waals surface area contributed by atoms with E-state index in [1.54, 1.807) is 38.1 Å². The SMILES string of the molecule is COC(=O)c1c(C)[nH]c(C(=O)COC(=O)C(CCSC)NC(=O)c2ccccc2Cl)c1C. The fourth-order valence-corrected chi connectivity index (χ4v) is 3.81. The van der Waals surface area contributed by atoms with Crippen molar-refractivity contribution in [3.05, 3.63) is 57.4 Å². The zero-order valence-electron chi connectivity index (χ0n) is 18.2. The number of aromatic nitrogens is 1. The van der Waals surface area contributed by atoms with Crippen molar-refractivity contribution in [3.63, 3.8) is 0 Å². The number of H-pyrrole nitrogens is 1. The molecular weight excluding hydrogens is 456 g/mol. The van der Waals surface area contributed by atoms with Crippen LogP contribution in [0, 0.1) is 13.8 Å². The number of hydrogen-bond acceptors (Lipinski definition) is 7. The molecule has 0 saturated carbocycles. The van der Waals surface area contributed by atoms with Crippen LogP contribution in [-0.4, -0.2) is 60.4 Å². The van der Waals surface area contributed by atoms with Crippen LogP contribution in [0.3, 0.4) is 0 Å². The van der Waals surface area contributed by atoms with Crippen LogP contribution >= 0.6 is 23.4 Å². The molecule has 1 amide bonds. The molecule has 2 rings (SSSR count). The van der Waals surface area contributed by atoms with E-state index < -0.39 is 36.3 Å². The Labute approximate surface area is 195 Å². The molecule has 0 aliphatic carbocycles.